The summed E-state index contributed by atoms with van der Waals surface area (Å²) in [6.45, 7) is 4.17. The highest BCUT2D eigenvalue weighted by atomic mass is 35.5. The van der Waals surface area contributed by atoms with Crippen LogP contribution in [0.1, 0.15) is 13.3 Å². The maximum absolute atomic E-state index is 11.7. The van der Waals surface area contributed by atoms with E-state index in [9.17, 15) is 13.2 Å². The summed E-state index contributed by atoms with van der Waals surface area (Å²) in [5.41, 5.74) is 0. The van der Waals surface area contributed by atoms with Crippen LogP contribution in [0.2, 0.25) is 0 Å². The highest BCUT2D eigenvalue weighted by Gasteiger charge is 2.20. The number of hydrogen-bond acceptors (Lipinski definition) is 5. The first-order chi connectivity index (χ1) is 8.97. The minimum atomic E-state index is -3.13. The minimum Gasteiger partial charge on any atom is -0.378 e. The summed E-state index contributed by atoms with van der Waals surface area (Å²) in [6, 6.07) is -0.300. The molecular weight excluding hydrogens is 306 g/mol. The molecule has 2 N–H and O–H groups in total. The lowest BCUT2D eigenvalue weighted by molar-refractivity contribution is -0.125. The number of hydrogen-bond donors (Lipinski definition) is 2. The Balaban J connectivity index is 0.00000361. The van der Waals surface area contributed by atoms with Gasteiger partial charge in [0, 0.05) is 26.7 Å². The van der Waals surface area contributed by atoms with Crippen molar-refractivity contribution in [2.45, 2.75) is 19.4 Å². The third kappa shape index (κ3) is 6.36. The molecule has 1 saturated heterocycles. The predicted octanol–water partition coefficient (Wildman–Crippen LogP) is -0.816. The molecule has 1 aliphatic heterocycles. The van der Waals surface area contributed by atoms with Gasteiger partial charge in [-0.1, -0.05) is 0 Å². The summed E-state index contributed by atoms with van der Waals surface area (Å²) in [4.78, 5) is 11.7. The predicted molar refractivity (Wildman–Crippen MR) is 79.6 cm³/mol. The Labute approximate surface area is 126 Å². The summed E-state index contributed by atoms with van der Waals surface area (Å²) in [5.74, 6) is -0.000152. The third-order valence-electron chi connectivity index (χ3n) is 3.03. The Hall–Kier alpha value is -0.410. The summed E-state index contributed by atoms with van der Waals surface area (Å²) >= 11 is 0. The fourth-order valence-corrected chi connectivity index (χ4v) is 2.58. The van der Waals surface area contributed by atoms with E-state index in [0.29, 0.717) is 39.3 Å². The second-order valence-corrected chi connectivity index (χ2v) is 6.81. The zero-order valence-electron chi connectivity index (χ0n) is 11.9. The Morgan fingerprint density at radius 2 is 2.20 bits per heavy atom. The quantitative estimate of drug-likeness (QED) is 0.596. The van der Waals surface area contributed by atoms with Crippen molar-refractivity contribution in [1.29, 1.82) is 0 Å². The van der Waals surface area contributed by atoms with Gasteiger partial charge >= 0.3 is 0 Å². The monoisotopic (exact) mass is 329 g/mol. The van der Waals surface area contributed by atoms with Gasteiger partial charge in [0.25, 0.3) is 0 Å². The van der Waals surface area contributed by atoms with Crippen LogP contribution in [0.4, 0.5) is 0 Å². The molecule has 0 aromatic carbocycles. The van der Waals surface area contributed by atoms with Gasteiger partial charge < -0.3 is 15.4 Å². The average Bonchev–Trinajstić information content (AvgIpc) is 2.43. The summed E-state index contributed by atoms with van der Waals surface area (Å²) < 4.78 is 29.5. The van der Waals surface area contributed by atoms with Crippen molar-refractivity contribution in [3.05, 3.63) is 0 Å². The first-order valence-corrected chi connectivity index (χ1v) is 8.11. The van der Waals surface area contributed by atoms with Gasteiger partial charge in [-0.15, -0.1) is 12.4 Å². The molecule has 7 nitrogen and oxygen atoms in total. The Kier molecular flexibility index (Phi) is 9.32. The van der Waals surface area contributed by atoms with Gasteiger partial charge in [0.15, 0.2) is 0 Å². The fraction of sp³-hybridized carbons (Fsp3) is 0.909. The topological polar surface area (TPSA) is 87.7 Å². The van der Waals surface area contributed by atoms with Crippen LogP contribution in [0.3, 0.4) is 0 Å². The molecule has 1 amide bonds. The van der Waals surface area contributed by atoms with Gasteiger partial charge in [0.05, 0.1) is 19.0 Å². The van der Waals surface area contributed by atoms with Crippen LogP contribution >= 0.6 is 12.4 Å². The van der Waals surface area contributed by atoms with Crippen molar-refractivity contribution in [2.24, 2.45) is 0 Å². The Morgan fingerprint density at radius 1 is 1.50 bits per heavy atom. The SMILES string of the molecule is CCS(=O)(=O)N(C)CCCNC(=O)C1COCCN1.Cl. The van der Waals surface area contributed by atoms with E-state index >= 15 is 0 Å². The van der Waals surface area contributed by atoms with Gasteiger partial charge in [0.1, 0.15) is 6.04 Å². The smallest absolute Gasteiger partial charge is 0.239 e. The second-order valence-electron chi connectivity index (χ2n) is 4.45. The van der Waals surface area contributed by atoms with Crippen LogP contribution in [-0.2, 0) is 19.6 Å². The van der Waals surface area contributed by atoms with Crippen LogP contribution < -0.4 is 10.6 Å². The Bertz CT molecular complexity index is 385. The molecule has 0 spiro atoms. The molecule has 9 heteroatoms. The number of morpholine rings is 1. The third-order valence-corrected chi connectivity index (χ3v) is 4.89. The highest BCUT2D eigenvalue weighted by molar-refractivity contribution is 7.89. The van der Waals surface area contributed by atoms with Gasteiger partial charge in [-0.25, -0.2) is 12.7 Å². The van der Waals surface area contributed by atoms with E-state index < -0.39 is 10.0 Å². The summed E-state index contributed by atoms with van der Waals surface area (Å²) in [5, 5.41) is 5.83. The average molecular weight is 330 g/mol. The highest BCUT2D eigenvalue weighted by Crippen LogP contribution is 1.98. The maximum atomic E-state index is 11.7. The first-order valence-electron chi connectivity index (χ1n) is 6.50. The number of nitrogens with zero attached hydrogens (tertiary/aromatic N) is 1. The molecule has 0 aromatic rings. The second kappa shape index (κ2) is 9.51. The number of halogens is 1. The maximum Gasteiger partial charge on any atom is 0.239 e. The standard InChI is InChI=1S/C11H23N3O4S.ClH/c1-3-19(16,17)14(2)7-4-5-13-11(15)10-9-18-8-6-12-10;/h10,12H,3-9H2,1-2H3,(H,13,15);1H. The molecule has 0 aromatic heterocycles. The van der Waals surface area contributed by atoms with E-state index in [-0.39, 0.29) is 30.1 Å². The molecular formula is C11H24ClN3O4S. The normalized spacial score (nSPS) is 19.4. The zero-order chi connectivity index (χ0) is 14.3. The molecule has 0 bridgehead atoms. The molecule has 1 aliphatic rings. The number of sulfonamides is 1. The summed E-state index contributed by atoms with van der Waals surface area (Å²) in [6.07, 6.45) is 0.592. The van der Waals surface area contributed by atoms with Crippen LogP contribution in [-0.4, -0.2) is 70.3 Å². The van der Waals surface area contributed by atoms with E-state index in [0.717, 1.165) is 0 Å². The Morgan fingerprint density at radius 3 is 2.75 bits per heavy atom. The fourth-order valence-electron chi connectivity index (χ4n) is 1.73. The molecule has 1 fully saturated rings. The number of rotatable bonds is 7. The van der Waals surface area contributed by atoms with E-state index in [1.165, 1.54) is 4.31 Å². The molecule has 1 heterocycles. The number of ether oxygens (including phenoxy) is 1. The molecule has 20 heavy (non-hydrogen) atoms. The lowest BCUT2D eigenvalue weighted by atomic mass is 10.2. The molecule has 1 atom stereocenters. The first kappa shape index (κ1) is 19.6. The number of carbonyl (C=O) groups excluding carboxylic acids is 1. The van der Waals surface area contributed by atoms with Crippen LogP contribution in [0.25, 0.3) is 0 Å². The number of nitrogens with one attached hydrogen (secondary N) is 2. The molecule has 0 saturated carbocycles. The molecule has 0 radical (unpaired) electrons. The molecule has 1 unspecified atom stereocenters. The van der Waals surface area contributed by atoms with E-state index in [2.05, 4.69) is 10.6 Å². The van der Waals surface area contributed by atoms with Crippen molar-refractivity contribution in [1.82, 2.24) is 14.9 Å². The lowest BCUT2D eigenvalue weighted by Gasteiger charge is -2.23. The number of carbonyl (C=O) groups is 1. The summed E-state index contributed by atoms with van der Waals surface area (Å²) in [7, 11) is -1.58. The van der Waals surface area contributed by atoms with Crippen molar-refractivity contribution < 1.29 is 17.9 Å². The van der Waals surface area contributed by atoms with Crippen molar-refractivity contribution in [3.8, 4) is 0 Å². The van der Waals surface area contributed by atoms with E-state index in [1.54, 1.807) is 14.0 Å². The van der Waals surface area contributed by atoms with Gasteiger partial charge in [0.2, 0.25) is 15.9 Å². The van der Waals surface area contributed by atoms with Crippen molar-refractivity contribution in [2.75, 3.05) is 45.6 Å². The largest absolute Gasteiger partial charge is 0.378 e. The molecule has 120 valence electrons. The van der Waals surface area contributed by atoms with E-state index in [4.69, 9.17) is 4.74 Å². The number of amides is 1. The lowest BCUT2D eigenvalue weighted by Crippen LogP contribution is -2.51. The zero-order valence-corrected chi connectivity index (χ0v) is 13.6. The van der Waals surface area contributed by atoms with Crippen molar-refractivity contribution in [3.63, 3.8) is 0 Å². The van der Waals surface area contributed by atoms with E-state index in [1.807, 2.05) is 0 Å². The minimum absolute atomic E-state index is 0. The van der Waals surface area contributed by atoms with Gasteiger partial charge in [-0.2, -0.15) is 0 Å². The van der Waals surface area contributed by atoms with Crippen LogP contribution in [0.5, 0.6) is 0 Å². The van der Waals surface area contributed by atoms with Gasteiger partial charge in [-0.05, 0) is 13.3 Å². The van der Waals surface area contributed by atoms with Crippen LogP contribution in [0.15, 0.2) is 0 Å². The van der Waals surface area contributed by atoms with Crippen molar-refractivity contribution >= 4 is 28.3 Å². The molecule has 1 rings (SSSR count). The van der Waals surface area contributed by atoms with Crippen LogP contribution in [0, 0.1) is 0 Å². The molecule has 0 aliphatic carbocycles. The van der Waals surface area contributed by atoms with Gasteiger partial charge in [-0.3, -0.25) is 4.79 Å².